The highest BCUT2D eigenvalue weighted by molar-refractivity contribution is 6.42. The van der Waals surface area contributed by atoms with Crippen LogP contribution in [0.2, 0.25) is 10.0 Å². The molecule has 0 saturated heterocycles. The van der Waals surface area contributed by atoms with E-state index in [1.807, 2.05) is 6.07 Å². The Labute approximate surface area is 184 Å². The minimum absolute atomic E-state index is 0.0412. The van der Waals surface area contributed by atoms with Crippen molar-refractivity contribution in [2.24, 2.45) is 5.73 Å². The molecule has 1 heterocycles. The Balaban J connectivity index is 2.31. The van der Waals surface area contributed by atoms with Gasteiger partial charge in [-0.1, -0.05) is 35.3 Å². The standard InChI is InChI=1S/C22H18Cl2N2O4/c1-3-29-22(27)18-17(14-5-4-6-16(23)19(14)24)15(11-25)21(26)30-20(18)12-7-9-13(28-2)10-8-12/h4-10,17H,3,26H2,1-2H3. The topological polar surface area (TPSA) is 94.6 Å². The molecule has 3 rings (SSSR count). The number of carbonyl (C=O) groups excluding carboxylic acids is 1. The van der Waals surface area contributed by atoms with Crippen LogP contribution in [-0.4, -0.2) is 19.7 Å². The van der Waals surface area contributed by atoms with Crippen LogP contribution in [0.4, 0.5) is 0 Å². The Bertz CT molecular complexity index is 1090. The van der Waals surface area contributed by atoms with Crippen LogP contribution in [0.1, 0.15) is 24.0 Å². The van der Waals surface area contributed by atoms with Crippen molar-refractivity contribution in [3.8, 4) is 11.8 Å². The van der Waals surface area contributed by atoms with Gasteiger partial charge in [-0.05, 0) is 42.8 Å². The molecule has 2 aromatic rings. The van der Waals surface area contributed by atoms with Gasteiger partial charge in [-0.3, -0.25) is 0 Å². The lowest BCUT2D eigenvalue weighted by atomic mass is 9.82. The fourth-order valence-electron chi connectivity index (χ4n) is 3.19. The summed E-state index contributed by atoms with van der Waals surface area (Å²) < 4.78 is 16.2. The van der Waals surface area contributed by atoms with Crippen LogP contribution in [0.3, 0.4) is 0 Å². The summed E-state index contributed by atoms with van der Waals surface area (Å²) in [6, 6.07) is 13.9. The molecule has 1 aliphatic rings. The molecule has 30 heavy (non-hydrogen) atoms. The Morgan fingerprint density at radius 1 is 1.23 bits per heavy atom. The molecule has 154 valence electrons. The molecule has 1 atom stereocenters. The molecule has 6 nitrogen and oxygen atoms in total. The number of nitrogens with two attached hydrogens (primary N) is 1. The first-order chi connectivity index (χ1) is 14.4. The molecule has 0 aromatic heterocycles. The van der Waals surface area contributed by atoms with Gasteiger partial charge in [-0.15, -0.1) is 0 Å². The summed E-state index contributed by atoms with van der Waals surface area (Å²) in [6.07, 6.45) is 0. The van der Waals surface area contributed by atoms with Crippen LogP contribution in [0.15, 0.2) is 59.5 Å². The van der Waals surface area contributed by atoms with Crippen molar-refractivity contribution >= 4 is 34.9 Å². The predicted octanol–water partition coefficient (Wildman–Crippen LogP) is 4.78. The molecule has 0 amide bonds. The molecule has 1 unspecified atom stereocenters. The van der Waals surface area contributed by atoms with Gasteiger partial charge in [0.1, 0.15) is 23.2 Å². The number of hydrogen-bond donors (Lipinski definition) is 1. The fourth-order valence-corrected chi connectivity index (χ4v) is 3.60. The molecule has 0 saturated carbocycles. The Kier molecular flexibility index (Phi) is 6.56. The van der Waals surface area contributed by atoms with Crippen molar-refractivity contribution in [1.29, 1.82) is 5.26 Å². The van der Waals surface area contributed by atoms with E-state index in [1.165, 1.54) is 0 Å². The average molecular weight is 445 g/mol. The van der Waals surface area contributed by atoms with Gasteiger partial charge in [-0.25, -0.2) is 4.79 Å². The zero-order valence-electron chi connectivity index (χ0n) is 16.2. The molecular formula is C22H18Cl2N2O4. The first-order valence-corrected chi connectivity index (χ1v) is 9.75. The summed E-state index contributed by atoms with van der Waals surface area (Å²) in [7, 11) is 1.55. The normalized spacial score (nSPS) is 16.0. The van der Waals surface area contributed by atoms with Crippen molar-refractivity contribution < 1.29 is 19.0 Å². The molecule has 2 aromatic carbocycles. The van der Waals surface area contributed by atoms with Gasteiger partial charge in [0.25, 0.3) is 0 Å². The first kappa shape index (κ1) is 21.6. The molecule has 0 radical (unpaired) electrons. The van der Waals surface area contributed by atoms with E-state index in [0.717, 1.165) is 0 Å². The molecule has 0 bridgehead atoms. The molecule has 1 aliphatic heterocycles. The van der Waals surface area contributed by atoms with E-state index in [1.54, 1.807) is 56.5 Å². The van der Waals surface area contributed by atoms with Gasteiger partial charge < -0.3 is 19.9 Å². The Morgan fingerprint density at radius 3 is 2.53 bits per heavy atom. The van der Waals surface area contributed by atoms with E-state index in [4.69, 9.17) is 43.1 Å². The zero-order chi connectivity index (χ0) is 21.8. The number of nitrogens with zero attached hydrogens (tertiary/aromatic N) is 1. The summed E-state index contributed by atoms with van der Waals surface area (Å²) in [4.78, 5) is 13.0. The fraction of sp³-hybridized carbons (Fsp3) is 0.182. The lowest BCUT2D eigenvalue weighted by Gasteiger charge is -2.29. The van der Waals surface area contributed by atoms with Gasteiger partial charge in [-0.2, -0.15) is 5.26 Å². The van der Waals surface area contributed by atoms with Gasteiger partial charge in [0.05, 0.1) is 35.3 Å². The van der Waals surface area contributed by atoms with Crippen molar-refractivity contribution in [2.75, 3.05) is 13.7 Å². The van der Waals surface area contributed by atoms with E-state index in [0.29, 0.717) is 16.9 Å². The van der Waals surface area contributed by atoms with Crippen LogP contribution in [0, 0.1) is 11.3 Å². The number of ether oxygens (including phenoxy) is 3. The third-order valence-electron chi connectivity index (χ3n) is 4.56. The molecule has 0 fully saturated rings. The van der Waals surface area contributed by atoms with Crippen LogP contribution in [0.5, 0.6) is 5.75 Å². The van der Waals surface area contributed by atoms with Crippen molar-refractivity contribution in [1.82, 2.24) is 0 Å². The maximum Gasteiger partial charge on any atom is 0.338 e. The number of rotatable bonds is 5. The minimum Gasteiger partial charge on any atom is -0.497 e. The van der Waals surface area contributed by atoms with Crippen LogP contribution < -0.4 is 10.5 Å². The summed E-state index contributed by atoms with van der Waals surface area (Å²) in [5, 5.41) is 10.3. The molecule has 0 spiro atoms. The monoisotopic (exact) mass is 444 g/mol. The summed E-state index contributed by atoms with van der Waals surface area (Å²) >= 11 is 12.6. The number of methoxy groups -OCH3 is 1. The quantitative estimate of drug-likeness (QED) is 0.666. The van der Waals surface area contributed by atoms with E-state index < -0.39 is 11.9 Å². The zero-order valence-corrected chi connectivity index (χ0v) is 17.8. The van der Waals surface area contributed by atoms with Crippen molar-refractivity contribution in [3.05, 3.63) is 80.7 Å². The predicted molar refractivity (Wildman–Crippen MR) is 114 cm³/mol. The lowest BCUT2D eigenvalue weighted by molar-refractivity contribution is -0.138. The molecule has 8 heteroatoms. The number of benzene rings is 2. The molecule has 0 aliphatic carbocycles. The van der Waals surface area contributed by atoms with E-state index in [-0.39, 0.29) is 39.4 Å². The average Bonchev–Trinajstić information content (AvgIpc) is 2.75. The number of carbonyl (C=O) groups is 1. The van der Waals surface area contributed by atoms with Crippen molar-refractivity contribution in [2.45, 2.75) is 12.8 Å². The smallest absolute Gasteiger partial charge is 0.338 e. The largest absolute Gasteiger partial charge is 0.497 e. The highest BCUT2D eigenvalue weighted by Crippen LogP contribution is 2.46. The van der Waals surface area contributed by atoms with E-state index in [2.05, 4.69) is 0 Å². The summed E-state index contributed by atoms with van der Waals surface area (Å²) in [5.41, 5.74) is 7.23. The SMILES string of the molecule is CCOC(=O)C1=C(c2ccc(OC)cc2)OC(N)=C(C#N)C1c1cccc(Cl)c1Cl. The maximum atomic E-state index is 13.0. The van der Waals surface area contributed by atoms with Crippen LogP contribution in [-0.2, 0) is 14.3 Å². The second-order valence-electron chi connectivity index (χ2n) is 6.26. The highest BCUT2D eigenvalue weighted by atomic mass is 35.5. The van der Waals surface area contributed by atoms with Gasteiger partial charge in [0.15, 0.2) is 0 Å². The maximum absolute atomic E-state index is 13.0. The first-order valence-electron chi connectivity index (χ1n) is 9.00. The van der Waals surface area contributed by atoms with E-state index in [9.17, 15) is 10.1 Å². The number of allylic oxidation sites excluding steroid dienone is 1. The second-order valence-corrected chi connectivity index (χ2v) is 7.04. The van der Waals surface area contributed by atoms with Gasteiger partial charge in [0, 0.05) is 5.56 Å². The Morgan fingerprint density at radius 2 is 1.93 bits per heavy atom. The van der Waals surface area contributed by atoms with Gasteiger partial charge in [0.2, 0.25) is 5.88 Å². The molecular weight excluding hydrogens is 427 g/mol. The second kappa shape index (κ2) is 9.12. The van der Waals surface area contributed by atoms with E-state index >= 15 is 0 Å². The van der Waals surface area contributed by atoms with Crippen LogP contribution in [0.25, 0.3) is 5.76 Å². The summed E-state index contributed by atoms with van der Waals surface area (Å²) in [6.45, 7) is 1.82. The highest BCUT2D eigenvalue weighted by Gasteiger charge is 2.39. The van der Waals surface area contributed by atoms with Crippen molar-refractivity contribution in [3.63, 3.8) is 0 Å². The third kappa shape index (κ3) is 3.95. The number of halogens is 2. The minimum atomic E-state index is -0.911. The molecule has 2 N–H and O–H groups in total. The van der Waals surface area contributed by atoms with Crippen LogP contribution >= 0.6 is 23.2 Å². The number of esters is 1. The third-order valence-corrected chi connectivity index (χ3v) is 5.39. The number of nitriles is 1. The lowest BCUT2D eigenvalue weighted by Crippen LogP contribution is -2.26. The Hall–Kier alpha value is -3.14. The summed E-state index contributed by atoms with van der Waals surface area (Å²) in [5.74, 6) is -0.884. The van der Waals surface area contributed by atoms with Gasteiger partial charge >= 0.3 is 5.97 Å². The number of hydrogen-bond acceptors (Lipinski definition) is 6.